The highest BCUT2D eigenvalue weighted by Gasteiger charge is 2.29. The summed E-state index contributed by atoms with van der Waals surface area (Å²) in [4.78, 5) is 24.5. The van der Waals surface area contributed by atoms with Gasteiger partial charge >= 0.3 is 0 Å². The summed E-state index contributed by atoms with van der Waals surface area (Å²) in [5.74, 6) is 0.503. The number of rotatable bonds is 4. The Morgan fingerprint density at radius 3 is 2.59 bits per heavy atom. The molecule has 156 valence electrons. The molecule has 2 aromatic heterocycles. The van der Waals surface area contributed by atoms with Crippen LogP contribution in [0.2, 0.25) is 0 Å². The molecule has 1 N–H and O–H groups in total. The van der Waals surface area contributed by atoms with E-state index < -0.39 is 0 Å². The van der Waals surface area contributed by atoms with Gasteiger partial charge in [0.1, 0.15) is 0 Å². The number of aromatic nitrogens is 3. The number of hydrogen-bond acceptors (Lipinski definition) is 5. The number of nitrogens with one attached hydrogen (secondary N) is 1. The first-order valence-electron chi connectivity index (χ1n) is 10.6. The maximum absolute atomic E-state index is 12.9. The lowest BCUT2D eigenvalue weighted by Gasteiger charge is -2.34. The molecule has 0 aliphatic carbocycles. The van der Waals surface area contributed by atoms with Gasteiger partial charge in [0.15, 0.2) is 0 Å². The van der Waals surface area contributed by atoms with E-state index in [1.165, 1.54) is 5.69 Å². The number of H-pyrrole nitrogens is 1. The van der Waals surface area contributed by atoms with E-state index in [1.807, 2.05) is 18.7 Å². The Bertz CT molecular complexity index is 864. The van der Waals surface area contributed by atoms with E-state index in [0.717, 1.165) is 74.0 Å². The summed E-state index contributed by atoms with van der Waals surface area (Å²) in [6, 6.07) is 4.44. The molecule has 7 heteroatoms. The second-order valence-corrected chi connectivity index (χ2v) is 8.60. The SMILES string of the molecule is Cc1cc(N2CCN(C)CC2)cc([C@H]2CCN(C(=O)Cc3c(C)n[nH]c3C)C2)n1. The second kappa shape index (κ2) is 8.14. The normalized spacial score (nSPS) is 20.5. The number of likely N-dealkylation sites (tertiary alicyclic amines) is 1. The Balaban J connectivity index is 1.44. The number of carbonyl (C=O) groups excluding carboxylic acids is 1. The van der Waals surface area contributed by atoms with Gasteiger partial charge in [-0.25, -0.2) is 0 Å². The zero-order chi connectivity index (χ0) is 20.5. The molecule has 0 saturated carbocycles. The molecule has 2 aliphatic rings. The number of aromatic amines is 1. The fraction of sp³-hybridized carbons (Fsp3) is 0.591. The van der Waals surface area contributed by atoms with Crippen molar-refractivity contribution in [1.82, 2.24) is 25.0 Å². The first-order chi connectivity index (χ1) is 13.9. The third-order valence-electron chi connectivity index (χ3n) is 6.39. The number of piperazine rings is 1. The molecule has 4 heterocycles. The summed E-state index contributed by atoms with van der Waals surface area (Å²) in [7, 11) is 2.18. The Kier molecular flexibility index (Phi) is 5.58. The van der Waals surface area contributed by atoms with Gasteiger partial charge < -0.3 is 14.7 Å². The molecule has 0 unspecified atom stereocenters. The molecular weight excluding hydrogens is 364 g/mol. The van der Waals surface area contributed by atoms with Gasteiger partial charge in [0.25, 0.3) is 0 Å². The summed E-state index contributed by atoms with van der Waals surface area (Å²) in [5, 5.41) is 7.19. The summed E-state index contributed by atoms with van der Waals surface area (Å²) >= 11 is 0. The first-order valence-corrected chi connectivity index (χ1v) is 10.6. The van der Waals surface area contributed by atoms with E-state index >= 15 is 0 Å². The number of pyridine rings is 1. The molecule has 7 nitrogen and oxygen atoms in total. The molecule has 1 amide bonds. The van der Waals surface area contributed by atoms with Crippen LogP contribution in [0.15, 0.2) is 12.1 Å². The Hall–Kier alpha value is -2.41. The van der Waals surface area contributed by atoms with Crippen molar-refractivity contribution in [3.8, 4) is 0 Å². The monoisotopic (exact) mass is 396 g/mol. The minimum atomic E-state index is 0.187. The second-order valence-electron chi connectivity index (χ2n) is 8.60. The Morgan fingerprint density at radius 2 is 1.90 bits per heavy atom. The molecule has 0 bridgehead atoms. The minimum Gasteiger partial charge on any atom is -0.369 e. The number of likely N-dealkylation sites (N-methyl/N-ethyl adjacent to an activating group) is 1. The standard InChI is InChI=1S/C22H32N6O/c1-15-11-19(27-9-7-26(4)8-10-27)12-21(23-15)18-5-6-28(14-18)22(29)13-20-16(2)24-25-17(20)3/h11-12,18H,5-10,13-14H2,1-4H3,(H,24,25)/t18-/m0/s1. The largest absolute Gasteiger partial charge is 0.369 e. The van der Waals surface area contributed by atoms with Crippen LogP contribution in [0.1, 0.15) is 40.7 Å². The predicted molar refractivity (Wildman–Crippen MR) is 114 cm³/mol. The topological polar surface area (TPSA) is 68.4 Å². The van der Waals surface area contributed by atoms with Gasteiger partial charge in [-0.3, -0.25) is 14.9 Å². The zero-order valence-electron chi connectivity index (χ0n) is 18.0. The van der Waals surface area contributed by atoms with Crippen molar-refractivity contribution in [1.29, 1.82) is 0 Å². The minimum absolute atomic E-state index is 0.187. The fourth-order valence-corrected chi connectivity index (χ4v) is 4.46. The van der Waals surface area contributed by atoms with Gasteiger partial charge in [-0.15, -0.1) is 0 Å². The Labute approximate surface area is 173 Å². The van der Waals surface area contributed by atoms with Crippen LogP contribution in [0.25, 0.3) is 0 Å². The highest BCUT2D eigenvalue weighted by atomic mass is 16.2. The van der Waals surface area contributed by atoms with Crippen LogP contribution >= 0.6 is 0 Å². The predicted octanol–water partition coefficient (Wildman–Crippen LogP) is 2.04. The fourth-order valence-electron chi connectivity index (χ4n) is 4.46. The molecule has 2 aliphatic heterocycles. The van der Waals surface area contributed by atoms with Crippen LogP contribution in [0.3, 0.4) is 0 Å². The summed E-state index contributed by atoms with van der Waals surface area (Å²) in [5.41, 5.74) is 6.41. The van der Waals surface area contributed by atoms with E-state index in [0.29, 0.717) is 12.3 Å². The van der Waals surface area contributed by atoms with Crippen molar-refractivity contribution >= 4 is 11.6 Å². The van der Waals surface area contributed by atoms with Crippen LogP contribution in [-0.2, 0) is 11.2 Å². The number of nitrogens with zero attached hydrogens (tertiary/aromatic N) is 5. The third kappa shape index (κ3) is 4.29. The van der Waals surface area contributed by atoms with E-state index in [4.69, 9.17) is 4.98 Å². The van der Waals surface area contributed by atoms with Crippen LogP contribution < -0.4 is 4.90 Å². The van der Waals surface area contributed by atoms with Crippen LogP contribution in [0, 0.1) is 20.8 Å². The van der Waals surface area contributed by atoms with Crippen molar-refractivity contribution in [3.63, 3.8) is 0 Å². The molecule has 2 fully saturated rings. The summed E-state index contributed by atoms with van der Waals surface area (Å²) in [6.07, 6.45) is 1.41. The van der Waals surface area contributed by atoms with Gasteiger partial charge in [-0.1, -0.05) is 0 Å². The molecule has 0 radical (unpaired) electrons. The van der Waals surface area contributed by atoms with Crippen molar-refractivity contribution in [3.05, 3.63) is 40.5 Å². The maximum Gasteiger partial charge on any atom is 0.227 e. The lowest BCUT2D eigenvalue weighted by molar-refractivity contribution is -0.129. The molecule has 1 atom stereocenters. The quantitative estimate of drug-likeness (QED) is 0.857. The van der Waals surface area contributed by atoms with Crippen molar-refractivity contribution < 1.29 is 4.79 Å². The summed E-state index contributed by atoms with van der Waals surface area (Å²) < 4.78 is 0. The van der Waals surface area contributed by atoms with Gasteiger partial charge in [-0.2, -0.15) is 5.10 Å². The molecule has 0 spiro atoms. The van der Waals surface area contributed by atoms with Crippen molar-refractivity contribution in [2.24, 2.45) is 0 Å². The van der Waals surface area contributed by atoms with E-state index in [-0.39, 0.29) is 5.91 Å². The third-order valence-corrected chi connectivity index (χ3v) is 6.39. The van der Waals surface area contributed by atoms with Gasteiger partial charge in [-0.05, 0) is 46.4 Å². The molecule has 29 heavy (non-hydrogen) atoms. The highest BCUT2D eigenvalue weighted by molar-refractivity contribution is 5.79. The smallest absolute Gasteiger partial charge is 0.227 e. The van der Waals surface area contributed by atoms with Crippen molar-refractivity contribution in [2.75, 3.05) is 51.2 Å². The summed E-state index contributed by atoms with van der Waals surface area (Å²) in [6.45, 7) is 11.9. The molecule has 0 aromatic carbocycles. The number of amides is 1. The van der Waals surface area contributed by atoms with Gasteiger partial charge in [0, 0.05) is 73.5 Å². The number of hydrogen-bond donors (Lipinski definition) is 1. The first kappa shape index (κ1) is 19.9. The number of aryl methyl sites for hydroxylation is 3. The van der Waals surface area contributed by atoms with Crippen LogP contribution in [0.5, 0.6) is 0 Å². The van der Waals surface area contributed by atoms with Gasteiger partial charge in [0.2, 0.25) is 5.91 Å². The lowest BCUT2D eigenvalue weighted by Crippen LogP contribution is -2.44. The molecule has 4 rings (SSSR count). The van der Waals surface area contributed by atoms with Crippen LogP contribution in [-0.4, -0.2) is 77.2 Å². The average Bonchev–Trinajstić information content (AvgIpc) is 3.31. The van der Waals surface area contributed by atoms with Crippen LogP contribution in [0.4, 0.5) is 5.69 Å². The van der Waals surface area contributed by atoms with E-state index in [9.17, 15) is 4.79 Å². The highest BCUT2D eigenvalue weighted by Crippen LogP contribution is 2.30. The van der Waals surface area contributed by atoms with Gasteiger partial charge in [0.05, 0.1) is 12.1 Å². The molecular formula is C22H32N6O. The van der Waals surface area contributed by atoms with E-state index in [1.54, 1.807) is 0 Å². The lowest BCUT2D eigenvalue weighted by atomic mass is 10.0. The molecule has 2 saturated heterocycles. The average molecular weight is 397 g/mol. The Morgan fingerprint density at radius 1 is 1.14 bits per heavy atom. The van der Waals surface area contributed by atoms with Crippen molar-refractivity contribution in [2.45, 2.75) is 39.5 Å². The zero-order valence-corrected chi connectivity index (χ0v) is 18.0. The maximum atomic E-state index is 12.9. The van der Waals surface area contributed by atoms with E-state index in [2.05, 4.69) is 46.1 Å². The molecule has 2 aromatic rings. The number of anilines is 1. The number of carbonyl (C=O) groups is 1.